The molecular weight excluding hydrogens is 404 g/mol. The summed E-state index contributed by atoms with van der Waals surface area (Å²) in [7, 11) is 1.69. The number of nitrogens with zero attached hydrogens (tertiary/aromatic N) is 6. The number of rotatable bonds is 8. The van der Waals surface area contributed by atoms with Crippen molar-refractivity contribution in [3.8, 4) is 0 Å². The number of anilines is 3. The molecule has 5 aromatic rings. The molecule has 0 spiro atoms. The highest BCUT2D eigenvalue weighted by molar-refractivity contribution is 5.79. The van der Waals surface area contributed by atoms with Gasteiger partial charge in [0.1, 0.15) is 0 Å². The van der Waals surface area contributed by atoms with E-state index in [-0.39, 0.29) is 0 Å². The van der Waals surface area contributed by atoms with Gasteiger partial charge in [0.2, 0.25) is 5.65 Å². The normalized spacial score (nSPS) is 11.2. The molecule has 160 valence electrons. The smallest absolute Gasteiger partial charge is 0.221 e. The van der Waals surface area contributed by atoms with Crippen LogP contribution in [-0.2, 0) is 11.3 Å². The molecule has 0 aliphatic carbocycles. The number of methoxy groups -OCH3 is 1. The largest absolute Gasteiger partial charge is 0.383 e. The van der Waals surface area contributed by atoms with Gasteiger partial charge in [-0.05, 0) is 42.0 Å². The van der Waals surface area contributed by atoms with Crippen LogP contribution in [0.5, 0.6) is 0 Å². The second-order valence-corrected chi connectivity index (χ2v) is 7.31. The second kappa shape index (κ2) is 8.94. The molecule has 0 amide bonds. The summed E-state index contributed by atoms with van der Waals surface area (Å²) in [4.78, 5) is 13.5. The Morgan fingerprint density at radius 1 is 1.00 bits per heavy atom. The van der Waals surface area contributed by atoms with Crippen molar-refractivity contribution >= 4 is 39.4 Å². The molecule has 3 aromatic heterocycles. The third-order valence-corrected chi connectivity index (χ3v) is 5.00. The Labute approximate surface area is 184 Å². The predicted molar refractivity (Wildman–Crippen MR) is 124 cm³/mol. The number of hydrogen-bond acceptors (Lipinski definition) is 8. The summed E-state index contributed by atoms with van der Waals surface area (Å²) in [6.45, 7) is 1.92. The van der Waals surface area contributed by atoms with Crippen LogP contribution >= 0.6 is 0 Å². The van der Waals surface area contributed by atoms with E-state index in [1.807, 2.05) is 48.5 Å². The summed E-state index contributed by atoms with van der Waals surface area (Å²) in [5, 5.41) is 16.1. The molecule has 0 saturated carbocycles. The van der Waals surface area contributed by atoms with Gasteiger partial charge < -0.3 is 15.4 Å². The van der Waals surface area contributed by atoms with Crippen LogP contribution in [-0.4, -0.2) is 50.2 Å². The van der Waals surface area contributed by atoms with E-state index >= 15 is 0 Å². The minimum absolute atomic E-state index is 0.507. The zero-order chi connectivity index (χ0) is 21.8. The highest BCUT2D eigenvalue weighted by atomic mass is 16.5. The van der Waals surface area contributed by atoms with Gasteiger partial charge in [0.05, 0.1) is 24.9 Å². The maximum absolute atomic E-state index is 5.08. The first-order valence-corrected chi connectivity index (χ1v) is 10.3. The molecule has 0 aliphatic heterocycles. The molecule has 0 fully saturated rings. The summed E-state index contributed by atoms with van der Waals surface area (Å²) in [6, 6.07) is 18.1. The van der Waals surface area contributed by atoms with Gasteiger partial charge in [-0.15, -0.1) is 5.10 Å². The van der Waals surface area contributed by atoms with Gasteiger partial charge in [0.25, 0.3) is 0 Å². The van der Waals surface area contributed by atoms with E-state index in [1.165, 1.54) is 0 Å². The zero-order valence-electron chi connectivity index (χ0n) is 17.6. The highest BCUT2D eigenvalue weighted by Gasteiger charge is 2.10. The topological polar surface area (TPSA) is 103 Å². The van der Waals surface area contributed by atoms with Crippen molar-refractivity contribution < 1.29 is 4.74 Å². The number of aromatic nitrogens is 6. The number of pyridine rings is 1. The van der Waals surface area contributed by atoms with Crippen LogP contribution in [0.15, 0.2) is 67.0 Å². The lowest BCUT2D eigenvalue weighted by Crippen LogP contribution is -2.07. The summed E-state index contributed by atoms with van der Waals surface area (Å²) < 4.78 is 6.84. The van der Waals surface area contributed by atoms with Gasteiger partial charge in [-0.3, -0.25) is 4.98 Å². The molecule has 32 heavy (non-hydrogen) atoms. The van der Waals surface area contributed by atoms with Crippen LogP contribution in [0.2, 0.25) is 0 Å². The van der Waals surface area contributed by atoms with Crippen molar-refractivity contribution in [3.63, 3.8) is 0 Å². The minimum atomic E-state index is 0.507. The van der Waals surface area contributed by atoms with Crippen molar-refractivity contribution in [1.29, 1.82) is 0 Å². The van der Waals surface area contributed by atoms with Crippen LogP contribution in [0.25, 0.3) is 22.2 Å². The average Bonchev–Trinajstić information content (AvgIpc) is 3.21. The Morgan fingerprint density at radius 2 is 1.94 bits per heavy atom. The van der Waals surface area contributed by atoms with E-state index in [1.54, 1.807) is 24.2 Å². The lowest BCUT2D eigenvalue weighted by atomic mass is 10.1. The summed E-state index contributed by atoms with van der Waals surface area (Å²) in [5.74, 6) is 0.623. The Kier molecular flexibility index (Phi) is 5.54. The summed E-state index contributed by atoms with van der Waals surface area (Å²) in [5.41, 5.74) is 5.08. The monoisotopic (exact) mass is 426 g/mol. The average molecular weight is 426 g/mol. The van der Waals surface area contributed by atoms with Crippen molar-refractivity contribution in [2.24, 2.45) is 0 Å². The van der Waals surface area contributed by atoms with E-state index in [0.717, 1.165) is 34.4 Å². The molecule has 0 saturated heterocycles. The standard InChI is InChI=1S/C23H22N8O/c1-32-11-10-24-18-5-2-6-19(13-18)27-21-14-26-22-23(28-21)31(30-29-22)15-16-7-8-20-17(12-16)4-3-9-25-20/h2-9,12-14,24H,10-11,15H2,1H3,(H,27,28). The Bertz CT molecular complexity index is 1370. The quantitative estimate of drug-likeness (QED) is 0.363. The molecule has 9 nitrogen and oxygen atoms in total. The van der Waals surface area contributed by atoms with Crippen LogP contribution in [0.4, 0.5) is 17.2 Å². The van der Waals surface area contributed by atoms with Crippen LogP contribution < -0.4 is 10.6 Å². The molecule has 0 bridgehead atoms. The third kappa shape index (κ3) is 4.33. The van der Waals surface area contributed by atoms with Crippen LogP contribution in [0.3, 0.4) is 0 Å². The van der Waals surface area contributed by atoms with Gasteiger partial charge in [0.15, 0.2) is 11.5 Å². The fourth-order valence-corrected chi connectivity index (χ4v) is 3.47. The Balaban J connectivity index is 1.37. The van der Waals surface area contributed by atoms with Gasteiger partial charge >= 0.3 is 0 Å². The lowest BCUT2D eigenvalue weighted by molar-refractivity contribution is 0.211. The first-order chi connectivity index (χ1) is 15.8. The van der Waals surface area contributed by atoms with E-state index in [4.69, 9.17) is 9.72 Å². The van der Waals surface area contributed by atoms with E-state index in [2.05, 4.69) is 37.0 Å². The van der Waals surface area contributed by atoms with E-state index in [9.17, 15) is 0 Å². The molecule has 2 aromatic carbocycles. The van der Waals surface area contributed by atoms with Gasteiger partial charge in [-0.1, -0.05) is 23.4 Å². The van der Waals surface area contributed by atoms with E-state index < -0.39 is 0 Å². The Morgan fingerprint density at radius 3 is 2.88 bits per heavy atom. The van der Waals surface area contributed by atoms with Crippen molar-refractivity contribution in [2.45, 2.75) is 6.54 Å². The number of fused-ring (bicyclic) bond motifs is 2. The summed E-state index contributed by atoms with van der Waals surface area (Å²) >= 11 is 0. The SMILES string of the molecule is COCCNc1cccc(Nc2cnc3nnn(Cc4ccc5ncccc5c4)c3n2)c1. The second-order valence-electron chi connectivity index (χ2n) is 7.31. The van der Waals surface area contributed by atoms with Crippen LogP contribution in [0, 0.1) is 0 Å². The highest BCUT2D eigenvalue weighted by Crippen LogP contribution is 2.20. The van der Waals surface area contributed by atoms with Gasteiger partial charge in [-0.2, -0.15) is 0 Å². The number of hydrogen-bond donors (Lipinski definition) is 2. The molecule has 9 heteroatoms. The van der Waals surface area contributed by atoms with Gasteiger partial charge in [0, 0.05) is 36.6 Å². The molecule has 0 aliphatic rings. The van der Waals surface area contributed by atoms with Crippen molar-refractivity contribution in [3.05, 3.63) is 72.6 Å². The predicted octanol–water partition coefficient (Wildman–Crippen LogP) is 3.62. The number of ether oxygens (including phenoxy) is 1. The molecule has 3 heterocycles. The molecule has 2 N–H and O–H groups in total. The molecule has 0 radical (unpaired) electrons. The fourth-order valence-electron chi connectivity index (χ4n) is 3.47. The lowest BCUT2D eigenvalue weighted by Gasteiger charge is -2.10. The molecule has 0 unspecified atom stereocenters. The first-order valence-electron chi connectivity index (χ1n) is 10.3. The van der Waals surface area contributed by atoms with Crippen molar-refractivity contribution in [2.75, 3.05) is 30.9 Å². The molecule has 0 atom stereocenters. The molecular formula is C23H22N8O. The fraction of sp³-hybridized carbons (Fsp3) is 0.174. The van der Waals surface area contributed by atoms with Crippen molar-refractivity contribution in [1.82, 2.24) is 29.9 Å². The molecule has 5 rings (SSSR count). The maximum Gasteiger partial charge on any atom is 0.221 e. The summed E-state index contributed by atoms with van der Waals surface area (Å²) in [6.07, 6.45) is 3.45. The Hall–Kier alpha value is -4.11. The van der Waals surface area contributed by atoms with E-state index in [0.29, 0.717) is 30.3 Å². The van der Waals surface area contributed by atoms with Crippen LogP contribution in [0.1, 0.15) is 5.56 Å². The van der Waals surface area contributed by atoms with Gasteiger partial charge in [-0.25, -0.2) is 14.6 Å². The zero-order valence-corrected chi connectivity index (χ0v) is 17.6. The minimum Gasteiger partial charge on any atom is -0.383 e. The number of benzene rings is 2. The third-order valence-electron chi connectivity index (χ3n) is 5.00. The first kappa shape index (κ1) is 19.8. The maximum atomic E-state index is 5.08. The number of nitrogens with one attached hydrogen (secondary N) is 2.